The summed E-state index contributed by atoms with van der Waals surface area (Å²) in [5, 5.41) is 10.6. The Kier molecular flexibility index (Phi) is 2.32. The summed E-state index contributed by atoms with van der Waals surface area (Å²) >= 11 is 0. The van der Waals surface area contributed by atoms with Crippen molar-refractivity contribution in [3.8, 4) is 5.75 Å². The molecule has 0 spiro atoms. The second-order valence-corrected chi connectivity index (χ2v) is 2.99. The Labute approximate surface area is 80.4 Å². The van der Waals surface area contributed by atoms with Crippen LogP contribution in [0.25, 0.3) is 0 Å². The molecule has 1 fully saturated rings. The van der Waals surface area contributed by atoms with Crippen molar-refractivity contribution in [3.05, 3.63) is 34.4 Å². The van der Waals surface area contributed by atoms with Gasteiger partial charge >= 0.3 is 5.69 Å². The van der Waals surface area contributed by atoms with Gasteiger partial charge in [-0.25, -0.2) is 0 Å². The molecule has 14 heavy (non-hydrogen) atoms. The molecule has 5 heteroatoms. The number of hydrogen-bond donors (Lipinski definition) is 0. The van der Waals surface area contributed by atoms with E-state index in [1.165, 1.54) is 6.07 Å². The molecule has 1 heterocycles. The number of ether oxygens (including phenoxy) is 2. The highest BCUT2D eigenvalue weighted by atomic mass is 16.6. The molecule has 1 aromatic carbocycles. The largest absolute Gasteiger partial charge is 0.484 e. The Morgan fingerprint density at radius 3 is 2.93 bits per heavy atom. The average Bonchev–Trinajstić information content (AvgIpc) is 2.98. The van der Waals surface area contributed by atoms with Crippen molar-refractivity contribution in [1.29, 1.82) is 0 Å². The zero-order chi connectivity index (χ0) is 9.97. The molecule has 0 N–H and O–H groups in total. The van der Waals surface area contributed by atoms with E-state index in [4.69, 9.17) is 9.47 Å². The minimum atomic E-state index is -0.455. The van der Waals surface area contributed by atoms with Crippen LogP contribution in [-0.4, -0.2) is 24.2 Å². The number of nitrogens with zero attached hydrogens (tertiary/aromatic N) is 1. The van der Waals surface area contributed by atoms with Crippen molar-refractivity contribution in [3.63, 3.8) is 0 Å². The van der Waals surface area contributed by atoms with Gasteiger partial charge < -0.3 is 9.47 Å². The molecular formula is C9H9NO4. The van der Waals surface area contributed by atoms with Gasteiger partial charge in [0.2, 0.25) is 0 Å². The van der Waals surface area contributed by atoms with E-state index >= 15 is 0 Å². The van der Waals surface area contributed by atoms with Crippen LogP contribution in [0.2, 0.25) is 0 Å². The lowest BCUT2D eigenvalue weighted by Gasteiger charge is -2.03. The molecule has 0 amide bonds. The Morgan fingerprint density at radius 1 is 1.57 bits per heavy atom. The molecule has 0 aliphatic carbocycles. The number of hydrogen-bond acceptors (Lipinski definition) is 4. The van der Waals surface area contributed by atoms with Crippen LogP contribution in [-0.2, 0) is 4.74 Å². The van der Waals surface area contributed by atoms with Crippen molar-refractivity contribution >= 4 is 5.69 Å². The molecule has 1 unspecified atom stereocenters. The second kappa shape index (κ2) is 3.63. The molecule has 2 rings (SSSR count). The minimum Gasteiger partial charge on any atom is -0.484 e. The maximum atomic E-state index is 10.6. The van der Waals surface area contributed by atoms with Crippen LogP contribution in [0.15, 0.2) is 24.3 Å². The zero-order valence-corrected chi connectivity index (χ0v) is 7.38. The number of para-hydroxylation sites is 2. The zero-order valence-electron chi connectivity index (χ0n) is 7.38. The van der Waals surface area contributed by atoms with Crippen molar-refractivity contribution in [1.82, 2.24) is 0 Å². The third-order valence-corrected chi connectivity index (χ3v) is 1.89. The number of nitro groups is 1. The first kappa shape index (κ1) is 8.96. The van der Waals surface area contributed by atoms with Gasteiger partial charge in [-0.3, -0.25) is 10.1 Å². The summed E-state index contributed by atoms with van der Waals surface area (Å²) in [6.45, 7) is 1.06. The number of benzene rings is 1. The normalized spacial score (nSPS) is 19.0. The van der Waals surface area contributed by atoms with E-state index in [1.807, 2.05) is 0 Å². The SMILES string of the molecule is O=[N+]([O-])c1ccccc1OCC1CO1. The first-order valence-electron chi connectivity index (χ1n) is 4.25. The third kappa shape index (κ3) is 2.00. The Bertz CT molecular complexity index is 348. The van der Waals surface area contributed by atoms with Crippen LogP contribution < -0.4 is 4.74 Å². The van der Waals surface area contributed by atoms with E-state index in [2.05, 4.69) is 0 Å². The van der Waals surface area contributed by atoms with Gasteiger partial charge in [-0.2, -0.15) is 0 Å². The summed E-state index contributed by atoms with van der Waals surface area (Å²) in [6.07, 6.45) is 0.106. The second-order valence-electron chi connectivity index (χ2n) is 2.99. The molecule has 5 nitrogen and oxygen atoms in total. The maximum Gasteiger partial charge on any atom is 0.310 e. The molecule has 1 aliphatic heterocycles. The summed E-state index contributed by atoms with van der Waals surface area (Å²) in [7, 11) is 0. The molecular weight excluding hydrogens is 186 g/mol. The number of rotatable bonds is 4. The predicted molar refractivity (Wildman–Crippen MR) is 48.3 cm³/mol. The first-order chi connectivity index (χ1) is 6.77. The molecule has 0 radical (unpaired) electrons. The fraction of sp³-hybridized carbons (Fsp3) is 0.333. The van der Waals surface area contributed by atoms with Gasteiger partial charge in [0.25, 0.3) is 0 Å². The smallest absolute Gasteiger partial charge is 0.310 e. The summed E-state index contributed by atoms with van der Waals surface area (Å²) < 4.78 is 10.2. The van der Waals surface area contributed by atoms with Crippen molar-refractivity contribution in [2.75, 3.05) is 13.2 Å². The van der Waals surface area contributed by atoms with Crippen molar-refractivity contribution in [2.45, 2.75) is 6.10 Å². The first-order valence-corrected chi connectivity index (χ1v) is 4.25. The number of epoxide rings is 1. The maximum absolute atomic E-state index is 10.6. The molecule has 1 saturated heterocycles. The Hall–Kier alpha value is -1.62. The van der Waals surface area contributed by atoms with Crippen LogP contribution in [0.3, 0.4) is 0 Å². The van der Waals surface area contributed by atoms with Gasteiger partial charge in [0.1, 0.15) is 12.7 Å². The standard InChI is InChI=1S/C9H9NO4/c11-10(12)8-3-1-2-4-9(8)14-6-7-5-13-7/h1-4,7H,5-6H2. The molecule has 0 saturated carbocycles. The highest BCUT2D eigenvalue weighted by Gasteiger charge is 2.24. The summed E-state index contributed by atoms with van der Waals surface area (Å²) in [4.78, 5) is 10.1. The fourth-order valence-corrected chi connectivity index (χ4v) is 1.08. The number of nitro benzene ring substituents is 1. The van der Waals surface area contributed by atoms with E-state index in [0.717, 1.165) is 0 Å². The lowest BCUT2D eigenvalue weighted by molar-refractivity contribution is -0.385. The highest BCUT2D eigenvalue weighted by Crippen LogP contribution is 2.26. The molecule has 1 aliphatic rings. The van der Waals surface area contributed by atoms with Crippen molar-refractivity contribution < 1.29 is 14.4 Å². The molecule has 0 bridgehead atoms. The molecule has 1 atom stereocenters. The molecule has 1 aromatic rings. The average molecular weight is 195 g/mol. The van der Waals surface area contributed by atoms with Gasteiger partial charge in [-0.1, -0.05) is 12.1 Å². The van der Waals surface area contributed by atoms with Crippen LogP contribution in [0.1, 0.15) is 0 Å². The summed E-state index contributed by atoms with van der Waals surface area (Å²) in [5.74, 6) is 0.299. The van der Waals surface area contributed by atoms with Crippen LogP contribution in [0, 0.1) is 10.1 Å². The topological polar surface area (TPSA) is 64.9 Å². The van der Waals surface area contributed by atoms with E-state index in [9.17, 15) is 10.1 Å². The molecule has 0 aromatic heterocycles. The van der Waals surface area contributed by atoms with Gasteiger partial charge in [0.15, 0.2) is 5.75 Å². The predicted octanol–water partition coefficient (Wildman–Crippen LogP) is 1.37. The monoisotopic (exact) mass is 195 g/mol. The van der Waals surface area contributed by atoms with Gasteiger partial charge in [-0.05, 0) is 6.07 Å². The highest BCUT2D eigenvalue weighted by molar-refractivity contribution is 5.45. The van der Waals surface area contributed by atoms with Crippen LogP contribution in [0.5, 0.6) is 5.75 Å². The van der Waals surface area contributed by atoms with E-state index in [0.29, 0.717) is 19.0 Å². The lowest BCUT2D eigenvalue weighted by atomic mass is 10.3. The Morgan fingerprint density at radius 2 is 2.29 bits per heavy atom. The molecule has 74 valence electrons. The minimum absolute atomic E-state index is 0.00634. The third-order valence-electron chi connectivity index (χ3n) is 1.89. The Balaban J connectivity index is 2.09. The van der Waals surface area contributed by atoms with Crippen molar-refractivity contribution in [2.24, 2.45) is 0 Å². The van der Waals surface area contributed by atoms with Gasteiger partial charge in [-0.15, -0.1) is 0 Å². The summed E-state index contributed by atoms with van der Waals surface area (Å²) in [6, 6.07) is 6.32. The van der Waals surface area contributed by atoms with E-state index < -0.39 is 4.92 Å². The van der Waals surface area contributed by atoms with Crippen LogP contribution >= 0.6 is 0 Å². The van der Waals surface area contributed by atoms with Crippen LogP contribution in [0.4, 0.5) is 5.69 Å². The van der Waals surface area contributed by atoms with Gasteiger partial charge in [0, 0.05) is 6.07 Å². The fourth-order valence-electron chi connectivity index (χ4n) is 1.08. The lowest BCUT2D eigenvalue weighted by Crippen LogP contribution is -2.05. The van der Waals surface area contributed by atoms with E-state index in [1.54, 1.807) is 18.2 Å². The van der Waals surface area contributed by atoms with Gasteiger partial charge in [0.05, 0.1) is 11.5 Å². The quantitative estimate of drug-likeness (QED) is 0.413. The summed E-state index contributed by atoms with van der Waals surface area (Å²) in [5.41, 5.74) is -0.00634. The van der Waals surface area contributed by atoms with E-state index in [-0.39, 0.29) is 11.8 Å².